The Hall–Kier alpha value is -1.76. The Morgan fingerprint density at radius 1 is 1.53 bits per heavy atom. The Morgan fingerprint density at radius 2 is 2.33 bits per heavy atom. The summed E-state index contributed by atoms with van der Waals surface area (Å²) in [6, 6.07) is 5.98. The molecule has 0 aromatic carbocycles. The number of ether oxygens (including phenoxy) is 1. The number of methoxy groups -OCH3 is 1. The van der Waals surface area contributed by atoms with E-state index in [0.717, 1.165) is 24.9 Å². The van der Waals surface area contributed by atoms with Gasteiger partial charge in [0.2, 0.25) is 5.88 Å². The van der Waals surface area contributed by atoms with Crippen LogP contribution in [0.3, 0.4) is 0 Å². The number of hydrogen-bond donors (Lipinski definition) is 1. The fraction of sp³-hybridized carbons (Fsp3) is 0.455. The third-order valence-corrected chi connectivity index (χ3v) is 2.75. The van der Waals surface area contributed by atoms with Crippen LogP contribution in [0, 0.1) is 11.3 Å². The first kappa shape index (κ1) is 9.78. The van der Waals surface area contributed by atoms with Gasteiger partial charge in [-0.1, -0.05) is 0 Å². The molecule has 0 amide bonds. The van der Waals surface area contributed by atoms with Gasteiger partial charge >= 0.3 is 0 Å². The molecular formula is C11H13N3O. The van der Waals surface area contributed by atoms with E-state index >= 15 is 0 Å². The minimum Gasteiger partial charge on any atom is -0.481 e. The average molecular weight is 203 g/mol. The predicted octanol–water partition coefficient (Wildman–Crippen LogP) is 1.95. The summed E-state index contributed by atoms with van der Waals surface area (Å²) in [6.45, 7) is 0. The molecule has 1 aromatic rings. The maximum absolute atomic E-state index is 9.04. The lowest BCUT2D eigenvalue weighted by molar-refractivity contribution is 0.356. The first-order valence-corrected chi connectivity index (χ1v) is 4.97. The summed E-state index contributed by atoms with van der Waals surface area (Å²) in [5.41, 5.74) is 0.507. The fourth-order valence-electron chi connectivity index (χ4n) is 1.65. The lowest BCUT2D eigenvalue weighted by atomic mass is 9.78. The van der Waals surface area contributed by atoms with Crippen molar-refractivity contribution in [2.45, 2.75) is 24.8 Å². The van der Waals surface area contributed by atoms with Crippen LogP contribution >= 0.6 is 0 Å². The molecule has 15 heavy (non-hydrogen) atoms. The molecule has 4 heteroatoms. The van der Waals surface area contributed by atoms with Gasteiger partial charge in [0.25, 0.3) is 0 Å². The molecule has 1 saturated carbocycles. The molecule has 1 aromatic heterocycles. The number of hydrogen-bond acceptors (Lipinski definition) is 4. The Labute approximate surface area is 88.9 Å². The van der Waals surface area contributed by atoms with Crippen LogP contribution in [0.2, 0.25) is 0 Å². The first-order chi connectivity index (χ1) is 7.28. The van der Waals surface area contributed by atoms with E-state index in [2.05, 4.69) is 16.4 Å². The van der Waals surface area contributed by atoms with Crippen molar-refractivity contribution in [3.63, 3.8) is 0 Å². The number of nitrogens with zero attached hydrogens (tertiary/aromatic N) is 2. The maximum Gasteiger partial charge on any atom is 0.213 e. The molecule has 1 fully saturated rings. The zero-order chi connectivity index (χ0) is 10.7. The molecule has 1 aliphatic carbocycles. The number of rotatable bonds is 3. The highest BCUT2D eigenvalue weighted by atomic mass is 16.5. The summed E-state index contributed by atoms with van der Waals surface area (Å²) in [5, 5.41) is 12.3. The van der Waals surface area contributed by atoms with E-state index in [4.69, 9.17) is 10.00 Å². The highest BCUT2D eigenvalue weighted by Gasteiger charge is 2.36. The molecule has 2 rings (SSSR count). The molecule has 0 radical (unpaired) electrons. The lowest BCUT2D eigenvalue weighted by Crippen LogP contribution is -2.43. The van der Waals surface area contributed by atoms with E-state index in [9.17, 15) is 0 Å². The minimum atomic E-state index is -0.365. The monoisotopic (exact) mass is 203 g/mol. The van der Waals surface area contributed by atoms with Crippen LogP contribution in [-0.2, 0) is 0 Å². The van der Waals surface area contributed by atoms with E-state index in [1.165, 1.54) is 0 Å². The van der Waals surface area contributed by atoms with E-state index in [1.54, 1.807) is 19.4 Å². The number of nitrogens with one attached hydrogen (secondary N) is 1. The zero-order valence-corrected chi connectivity index (χ0v) is 8.66. The maximum atomic E-state index is 9.04. The van der Waals surface area contributed by atoms with Crippen molar-refractivity contribution in [1.29, 1.82) is 5.26 Å². The second-order valence-electron chi connectivity index (χ2n) is 3.76. The largest absolute Gasteiger partial charge is 0.481 e. The topological polar surface area (TPSA) is 57.9 Å². The van der Waals surface area contributed by atoms with Crippen LogP contribution in [-0.4, -0.2) is 17.6 Å². The summed E-state index contributed by atoms with van der Waals surface area (Å²) < 4.78 is 4.96. The van der Waals surface area contributed by atoms with Crippen LogP contribution in [0.1, 0.15) is 19.3 Å². The Morgan fingerprint density at radius 3 is 2.73 bits per heavy atom. The van der Waals surface area contributed by atoms with Crippen molar-refractivity contribution in [2.75, 3.05) is 12.4 Å². The highest BCUT2D eigenvalue weighted by molar-refractivity contribution is 5.47. The van der Waals surface area contributed by atoms with Crippen molar-refractivity contribution in [1.82, 2.24) is 4.98 Å². The third kappa shape index (κ3) is 1.86. The van der Waals surface area contributed by atoms with Gasteiger partial charge in [-0.3, -0.25) is 0 Å². The predicted molar refractivity (Wildman–Crippen MR) is 56.6 cm³/mol. The van der Waals surface area contributed by atoms with Gasteiger partial charge in [-0.25, -0.2) is 4.98 Å². The third-order valence-electron chi connectivity index (χ3n) is 2.75. The van der Waals surface area contributed by atoms with Gasteiger partial charge in [-0.05, 0) is 25.3 Å². The molecule has 1 aliphatic rings. The summed E-state index contributed by atoms with van der Waals surface area (Å²) >= 11 is 0. The second-order valence-corrected chi connectivity index (χ2v) is 3.76. The van der Waals surface area contributed by atoms with E-state index in [1.807, 2.05) is 6.07 Å². The number of aromatic nitrogens is 1. The smallest absolute Gasteiger partial charge is 0.213 e. The van der Waals surface area contributed by atoms with E-state index < -0.39 is 0 Å². The van der Waals surface area contributed by atoms with Gasteiger partial charge in [-0.2, -0.15) is 5.26 Å². The van der Waals surface area contributed by atoms with Crippen molar-refractivity contribution < 1.29 is 4.74 Å². The highest BCUT2D eigenvalue weighted by Crippen LogP contribution is 2.34. The SMILES string of the molecule is COc1ccc(NC2(C#N)CCC2)cn1. The molecular weight excluding hydrogens is 190 g/mol. The molecule has 0 saturated heterocycles. The van der Waals surface area contributed by atoms with Crippen LogP contribution < -0.4 is 10.1 Å². The van der Waals surface area contributed by atoms with Crippen LogP contribution in [0.25, 0.3) is 0 Å². The van der Waals surface area contributed by atoms with Gasteiger partial charge < -0.3 is 10.1 Å². The van der Waals surface area contributed by atoms with Gasteiger partial charge in [0.1, 0.15) is 5.54 Å². The van der Waals surface area contributed by atoms with Crippen molar-refractivity contribution in [2.24, 2.45) is 0 Å². The number of pyridine rings is 1. The Bertz CT molecular complexity index is 376. The fourth-order valence-corrected chi connectivity index (χ4v) is 1.65. The quantitative estimate of drug-likeness (QED) is 0.815. The van der Waals surface area contributed by atoms with Gasteiger partial charge in [0, 0.05) is 6.07 Å². The van der Waals surface area contributed by atoms with E-state index in [0.29, 0.717) is 5.88 Å². The summed E-state index contributed by atoms with van der Waals surface area (Å²) in [7, 11) is 1.58. The summed E-state index contributed by atoms with van der Waals surface area (Å²) in [5.74, 6) is 0.583. The molecule has 78 valence electrons. The number of anilines is 1. The van der Waals surface area contributed by atoms with Crippen molar-refractivity contribution in [3.05, 3.63) is 18.3 Å². The van der Waals surface area contributed by atoms with Crippen LogP contribution in [0.4, 0.5) is 5.69 Å². The zero-order valence-electron chi connectivity index (χ0n) is 8.66. The molecule has 1 heterocycles. The lowest BCUT2D eigenvalue weighted by Gasteiger charge is -2.36. The molecule has 0 aliphatic heterocycles. The minimum absolute atomic E-state index is 0.365. The molecule has 0 spiro atoms. The molecule has 0 atom stereocenters. The second kappa shape index (κ2) is 3.77. The molecule has 4 nitrogen and oxygen atoms in total. The summed E-state index contributed by atoms with van der Waals surface area (Å²) in [6.07, 6.45) is 4.63. The number of nitriles is 1. The van der Waals surface area contributed by atoms with E-state index in [-0.39, 0.29) is 5.54 Å². The normalized spacial score (nSPS) is 17.3. The van der Waals surface area contributed by atoms with Crippen molar-refractivity contribution >= 4 is 5.69 Å². The van der Waals surface area contributed by atoms with Crippen LogP contribution in [0.5, 0.6) is 5.88 Å². The Kier molecular flexibility index (Phi) is 2.46. The first-order valence-electron chi connectivity index (χ1n) is 4.97. The van der Waals surface area contributed by atoms with Gasteiger partial charge in [-0.15, -0.1) is 0 Å². The molecule has 0 bridgehead atoms. The van der Waals surface area contributed by atoms with Gasteiger partial charge in [0.15, 0.2) is 0 Å². The standard InChI is InChI=1S/C11H13N3O/c1-15-10-4-3-9(7-13-10)14-11(8-12)5-2-6-11/h3-4,7,14H,2,5-6H2,1H3. The molecule has 1 N–H and O–H groups in total. The Balaban J connectivity index is 2.08. The molecule has 0 unspecified atom stereocenters. The van der Waals surface area contributed by atoms with Gasteiger partial charge in [0.05, 0.1) is 25.1 Å². The summed E-state index contributed by atoms with van der Waals surface area (Å²) in [4.78, 5) is 4.08. The van der Waals surface area contributed by atoms with Crippen molar-refractivity contribution in [3.8, 4) is 11.9 Å². The van der Waals surface area contributed by atoms with Crippen LogP contribution in [0.15, 0.2) is 18.3 Å². The average Bonchev–Trinajstić information content (AvgIpc) is 2.24.